The van der Waals surface area contributed by atoms with Crippen LogP contribution in [0.5, 0.6) is 0 Å². The smallest absolute Gasteiger partial charge is 0.337 e. The maximum atomic E-state index is 14.9. The highest BCUT2D eigenvalue weighted by molar-refractivity contribution is 7.92. The molecule has 0 bridgehead atoms. The Balaban J connectivity index is 1.68. The van der Waals surface area contributed by atoms with Crippen LogP contribution in [0.15, 0.2) is 47.4 Å². The first-order valence-corrected chi connectivity index (χ1v) is 14.5. The van der Waals surface area contributed by atoms with Crippen molar-refractivity contribution in [2.24, 2.45) is 5.92 Å². The number of sulfone groups is 1. The number of halogens is 8. The van der Waals surface area contributed by atoms with E-state index >= 15 is 0 Å². The number of hydrogen-bond acceptors (Lipinski definition) is 4. The molecule has 2 heterocycles. The monoisotopic (exact) mass is 610 g/mol. The van der Waals surface area contributed by atoms with Crippen molar-refractivity contribution < 1.29 is 48.3 Å². The van der Waals surface area contributed by atoms with Crippen molar-refractivity contribution in [1.29, 1.82) is 0 Å². The number of carbonyl (C=O) groups excluding carboxylic acids is 1. The van der Waals surface area contributed by atoms with Crippen LogP contribution in [0.25, 0.3) is 0 Å². The Bertz CT molecular complexity index is 1420. The zero-order valence-electron chi connectivity index (χ0n) is 21.5. The van der Waals surface area contributed by atoms with Gasteiger partial charge in [0.2, 0.25) is 5.91 Å². The molecule has 5 rings (SSSR count). The highest BCUT2D eigenvalue weighted by Crippen LogP contribution is 2.56. The van der Waals surface area contributed by atoms with Gasteiger partial charge in [0.25, 0.3) is 0 Å². The second kappa shape index (κ2) is 9.92. The number of carbonyl (C=O) groups is 1. The van der Waals surface area contributed by atoms with Crippen LogP contribution in [-0.2, 0) is 31.5 Å². The summed E-state index contributed by atoms with van der Waals surface area (Å²) in [5.74, 6) is -1.38. The van der Waals surface area contributed by atoms with Gasteiger partial charge in [-0.1, -0.05) is 18.2 Å². The molecular weight excluding hydrogens is 584 g/mol. The van der Waals surface area contributed by atoms with Crippen molar-refractivity contribution >= 4 is 15.7 Å². The summed E-state index contributed by atoms with van der Waals surface area (Å²) in [6.45, 7) is 1.15. The van der Waals surface area contributed by atoms with Crippen molar-refractivity contribution in [1.82, 2.24) is 10.2 Å². The van der Waals surface area contributed by atoms with Crippen LogP contribution in [0, 0.1) is 11.7 Å². The lowest BCUT2D eigenvalue weighted by Crippen LogP contribution is -2.54. The standard InChI is InChI=1S/C27H26F8N2O3S/c28-19-3-5-20(6-4-19)41(39,40)24-11-14-37(23(38)16-9-12-36-13-10-16)22(24)8-1-17-15-18(2-7-21(17)24)25(29,26(30,31)32)27(33,34)35/h2-7,15-16,22,36H,1,8-14H2/t22-,24-/m0/s1. The van der Waals surface area contributed by atoms with Crippen molar-refractivity contribution in [2.75, 3.05) is 19.6 Å². The molecule has 1 amide bonds. The van der Waals surface area contributed by atoms with Gasteiger partial charge in [0, 0.05) is 18.0 Å². The third-order valence-electron chi connectivity index (χ3n) is 8.64. The minimum absolute atomic E-state index is 0.0206. The van der Waals surface area contributed by atoms with Gasteiger partial charge in [0.15, 0.2) is 9.84 Å². The van der Waals surface area contributed by atoms with Gasteiger partial charge >= 0.3 is 18.0 Å². The van der Waals surface area contributed by atoms with E-state index in [0.717, 1.165) is 30.3 Å². The molecule has 0 saturated carbocycles. The second-order valence-corrected chi connectivity index (χ2v) is 12.9. The number of rotatable bonds is 4. The number of nitrogens with zero attached hydrogens (tertiary/aromatic N) is 1. The molecule has 2 fully saturated rings. The minimum atomic E-state index is -6.33. The van der Waals surface area contributed by atoms with E-state index < -0.39 is 50.0 Å². The minimum Gasteiger partial charge on any atom is -0.337 e. The molecule has 2 aromatic rings. The molecule has 41 heavy (non-hydrogen) atoms. The van der Waals surface area contributed by atoms with Crippen molar-refractivity contribution in [3.8, 4) is 0 Å². The van der Waals surface area contributed by atoms with Crippen LogP contribution in [0.3, 0.4) is 0 Å². The van der Waals surface area contributed by atoms with Crippen LogP contribution in [0.2, 0.25) is 0 Å². The molecule has 2 aromatic carbocycles. The predicted molar refractivity (Wildman–Crippen MR) is 131 cm³/mol. The van der Waals surface area contributed by atoms with E-state index in [2.05, 4.69) is 5.32 Å². The molecule has 1 N–H and O–H groups in total. The maximum Gasteiger partial charge on any atom is 0.435 e. The lowest BCUT2D eigenvalue weighted by molar-refractivity contribution is -0.348. The zero-order chi connectivity index (χ0) is 30.0. The number of likely N-dealkylation sites (tertiary alicyclic amines) is 1. The Kier molecular flexibility index (Phi) is 7.20. The first kappa shape index (κ1) is 29.7. The largest absolute Gasteiger partial charge is 0.435 e. The SMILES string of the molecule is O=C(C1CCNCC1)N1CC[C@]2(S(=O)(=O)c3ccc(F)cc3)c3ccc(C(F)(C(F)(F)F)C(F)(F)F)cc3CC[C@H]12. The van der Waals surface area contributed by atoms with E-state index in [1.807, 2.05) is 0 Å². The van der Waals surface area contributed by atoms with E-state index in [1.165, 1.54) is 4.90 Å². The number of hydrogen-bond donors (Lipinski definition) is 1. The summed E-state index contributed by atoms with van der Waals surface area (Å²) >= 11 is 0. The van der Waals surface area contributed by atoms with Gasteiger partial charge < -0.3 is 10.2 Å². The lowest BCUT2D eigenvalue weighted by Gasteiger charge is -2.43. The van der Waals surface area contributed by atoms with Crippen LogP contribution < -0.4 is 5.32 Å². The van der Waals surface area contributed by atoms with Crippen LogP contribution >= 0.6 is 0 Å². The topological polar surface area (TPSA) is 66.5 Å². The molecule has 3 aliphatic rings. The van der Waals surface area contributed by atoms with Crippen molar-refractivity contribution in [3.05, 3.63) is 65.0 Å². The summed E-state index contributed by atoms with van der Waals surface area (Å²) in [7, 11) is -4.50. The van der Waals surface area contributed by atoms with E-state index in [4.69, 9.17) is 0 Å². The maximum absolute atomic E-state index is 14.9. The molecule has 2 atom stereocenters. The summed E-state index contributed by atoms with van der Waals surface area (Å²) < 4.78 is 136. The van der Waals surface area contributed by atoms with Gasteiger partial charge in [-0.05, 0) is 80.6 Å². The summed E-state index contributed by atoms with van der Waals surface area (Å²) in [5.41, 5.74) is -7.66. The highest BCUT2D eigenvalue weighted by Gasteiger charge is 2.74. The van der Waals surface area contributed by atoms with Gasteiger partial charge in [-0.15, -0.1) is 0 Å². The molecule has 0 radical (unpaired) electrons. The van der Waals surface area contributed by atoms with E-state index in [9.17, 15) is 48.3 Å². The Labute approximate surface area is 230 Å². The first-order valence-electron chi connectivity index (χ1n) is 13.0. The van der Waals surface area contributed by atoms with Gasteiger partial charge in [-0.3, -0.25) is 4.79 Å². The number of nitrogens with one attached hydrogen (secondary N) is 1. The van der Waals surface area contributed by atoms with Crippen LogP contribution in [0.4, 0.5) is 35.1 Å². The molecule has 0 aromatic heterocycles. The Hall–Kier alpha value is -2.74. The Morgan fingerprint density at radius 3 is 2.10 bits per heavy atom. The fourth-order valence-electron chi connectivity index (χ4n) is 6.62. The molecule has 224 valence electrons. The lowest BCUT2D eigenvalue weighted by atomic mass is 9.76. The second-order valence-electron chi connectivity index (χ2n) is 10.7. The van der Waals surface area contributed by atoms with E-state index in [1.54, 1.807) is 0 Å². The van der Waals surface area contributed by atoms with Crippen LogP contribution in [0.1, 0.15) is 42.4 Å². The van der Waals surface area contributed by atoms with Crippen LogP contribution in [-0.4, -0.2) is 57.3 Å². The van der Waals surface area contributed by atoms with Crippen molar-refractivity contribution in [2.45, 2.75) is 65.8 Å². The molecule has 0 spiro atoms. The normalized spacial score (nSPS) is 24.2. The average Bonchev–Trinajstić information content (AvgIpc) is 3.33. The molecule has 2 saturated heterocycles. The quantitative estimate of drug-likeness (QED) is 0.376. The summed E-state index contributed by atoms with van der Waals surface area (Å²) in [6, 6.07) is 4.46. The third kappa shape index (κ3) is 4.43. The number of fused-ring (bicyclic) bond motifs is 3. The molecular formula is C27H26F8N2O3S. The van der Waals surface area contributed by atoms with E-state index in [-0.39, 0.29) is 53.7 Å². The molecule has 14 heteroatoms. The number of aryl methyl sites for hydroxylation is 1. The van der Waals surface area contributed by atoms with Gasteiger partial charge in [-0.25, -0.2) is 17.2 Å². The van der Waals surface area contributed by atoms with E-state index in [0.29, 0.717) is 38.1 Å². The van der Waals surface area contributed by atoms with Gasteiger partial charge in [0.1, 0.15) is 10.6 Å². The zero-order valence-corrected chi connectivity index (χ0v) is 22.3. The number of amides is 1. The number of piperidine rings is 1. The predicted octanol–water partition coefficient (Wildman–Crippen LogP) is 5.33. The molecule has 2 aliphatic heterocycles. The van der Waals surface area contributed by atoms with Gasteiger partial charge in [0.05, 0.1) is 10.9 Å². The molecule has 1 aliphatic carbocycles. The fourth-order valence-corrected chi connectivity index (χ4v) is 8.99. The average molecular weight is 611 g/mol. The fraction of sp³-hybridized carbons (Fsp3) is 0.519. The Morgan fingerprint density at radius 2 is 1.51 bits per heavy atom. The van der Waals surface area contributed by atoms with Gasteiger partial charge in [-0.2, -0.15) is 26.3 Å². The van der Waals surface area contributed by atoms with Crippen molar-refractivity contribution in [3.63, 3.8) is 0 Å². The Morgan fingerprint density at radius 1 is 0.902 bits per heavy atom. The summed E-state index contributed by atoms with van der Waals surface area (Å²) in [4.78, 5) is 14.7. The first-order chi connectivity index (χ1) is 19.1. The summed E-state index contributed by atoms with van der Waals surface area (Å²) in [5, 5.41) is 3.14. The summed E-state index contributed by atoms with van der Waals surface area (Å²) in [6.07, 6.45) is -12.1. The number of alkyl halides is 7. The number of benzene rings is 2. The highest BCUT2D eigenvalue weighted by atomic mass is 32.2. The third-order valence-corrected chi connectivity index (χ3v) is 11.2. The molecule has 5 nitrogen and oxygen atoms in total. The molecule has 0 unspecified atom stereocenters.